The first-order valence-electron chi connectivity index (χ1n) is 8.10. The molecule has 0 heterocycles. The maximum Gasteiger partial charge on any atom is 0.342 e. The van der Waals surface area contributed by atoms with Crippen molar-refractivity contribution < 1.29 is 23.9 Å². The van der Waals surface area contributed by atoms with Gasteiger partial charge in [-0.15, -0.1) is 0 Å². The summed E-state index contributed by atoms with van der Waals surface area (Å²) in [6.07, 6.45) is -1.15. The zero-order chi connectivity index (χ0) is 19.8. The van der Waals surface area contributed by atoms with Gasteiger partial charge in [-0.1, -0.05) is 35.9 Å². The van der Waals surface area contributed by atoms with Crippen molar-refractivity contribution in [1.82, 2.24) is 10.6 Å². The normalized spacial score (nSPS) is 11.2. The number of nitrogens with one attached hydrogen (secondary N) is 2. The first kappa shape index (κ1) is 20.3. The van der Waals surface area contributed by atoms with E-state index in [0.29, 0.717) is 10.8 Å². The van der Waals surface area contributed by atoms with E-state index in [4.69, 9.17) is 21.1 Å². The molecule has 0 radical (unpaired) electrons. The summed E-state index contributed by atoms with van der Waals surface area (Å²) >= 11 is 5.85. The average Bonchev–Trinajstić information content (AvgIpc) is 2.67. The molecule has 0 aliphatic heterocycles. The van der Waals surface area contributed by atoms with Crippen LogP contribution in [0.1, 0.15) is 22.8 Å². The van der Waals surface area contributed by atoms with Crippen molar-refractivity contribution in [2.45, 2.75) is 19.6 Å². The lowest BCUT2D eigenvalue weighted by atomic mass is 10.2. The van der Waals surface area contributed by atoms with Crippen molar-refractivity contribution >= 4 is 29.5 Å². The molecule has 0 aliphatic carbocycles. The van der Waals surface area contributed by atoms with E-state index in [-0.39, 0.29) is 12.2 Å². The van der Waals surface area contributed by atoms with Crippen LogP contribution >= 0.6 is 11.6 Å². The van der Waals surface area contributed by atoms with Gasteiger partial charge in [0.25, 0.3) is 5.91 Å². The lowest BCUT2D eigenvalue weighted by Crippen LogP contribution is -2.43. The van der Waals surface area contributed by atoms with Crippen LogP contribution in [0.15, 0.2) is 48.5 Å². The highest BCUT2D eigenvalue weighted by Crippen LogP contribution is 2.21. The van der Waals surface area contributed by atoms with Gasteiger partial charge in [0, 0.05) is 12.1 Å². The number of imide groups is 1. The molecule has 2 aromatic rings. The van der Waals surface area contributed by atoms with E-state index in [1.807, 2.05) is 17.4 Å². The fraction of sp³-hybridized carbons (Fsp3) is 0.211. The molecule has 7 nitrogen and oxygen atoms in total. The van der Waals surface area contributed by atoms with Crippen LogP contribution in [0, 0.1) is 0 Å². The van der Waals surface area contributed by atoms with Gasteiger partial charge in [-0.2, -0.15) is 0 Å². The number of carbonyl (C=O) groups excluding carboxylic acids is 3. The van der Waals surface area contributed by atoms with E-state index in [2.05, 4.69) is 5.32 Å². The largest absolute Gasteiger partial charge is 0.488 e. The predicted molar refractivity (Wildman–Crippen MR) is 99.7 cm³/mol. The van der Waals surface area contributed by atoms with E-state index < -0.39 is 24.0 Å². The van der Waals surface area contributed by atoms with Crippen molar-refractivity contribution in [1.29, 1.82) is 0 Å². The zero-order valence-electron chi connectivity index (χ0n) is 14.8. The maximum atomic E-state index is 12.4. The molecule has 0 unspecified atom stereocenters. The molecule has 0 aliphatic rings. The Labute approximate surface area is 161 Å². The molecule has 0 bridgehead atoms. The highest BCUT2D eigenvalue weighted by molar-refractivity contribution is 6.30. The van der Waals surface area contributed by atoms with Crippen LogP contribution in [-0.4, -0.2) is 31.1 Å². The number of hydrogen-bond donors (Lipinski definition) is 2. The number of amides is 3. The third-order valence-electron chi connectivity index (χ3n) is 3.53. The average molecular weight is 391 g/mol. The highest BCUT2D eigenvalue weighted by atomic mass is 35.5. The standard InChI is InChI=1S/C19H19ClN2O5/c1-12(17(23)22-19(25)21-2)27-18(24)15-5-3-4-6-16(15)26-11-13-7-9-14(20)10-8-13/h3-10,12H,11H2,1-2H3,(H2,21,22,23,25)/t12-/m0/s1. The number of urea groups is 1. The van der Waals surface area contributed by atoms with E-state index in [0.717, 1.165) is 5.56 Å². The molecule has 0 spiro atoms. The van der Waals surface area contributed by atoms with E-state index in [1.165, 1.54) is 20.0 Å². The molecule has 0 saturated heterocycles. The second-order valence-corrected chi connectivity index (χ2v) is 5.96. The van der Waals surface area contributed by atoms with Crippen molar-refractivity contribution in [2.75, 3.05) is 7.05 Å². The molecular formula is C19H19ClN2O5. The Hall–Kier alpha value is -3.06. The number of rotatable bonds is 6. The van der Waals surface area contributed by atoms with Gasteiger partial charge in [-0.25, -0.2) is 9.59 Å². The highest BCUT2D eigenvalue weighted by Gasteiger charge is 2.22. The summed E-state index contributed by atoms with van der Waals surface area (Å²) in [5.41, 5.74) is 1.05. The van der Waals surface area contributed by atoms with Crippen molar-refractivity contribution in [3.63, 3.8) is 0 Å². The molecule has 0 fully saturated rings. The molecule has 0 saturated carbocycles. The fourth-order valence-corrected chi connectivity index (χ4v) is 2.18. The third-order valence-corrected chi connectivity index (χ3v) is 3.78. The minimum Gasteiger partial charge on any atom is -0.488 e. The number of esters is 1. The second-order valence-electron chi connectivity index (χ2n) is 5.53. The Kier molecular flexibility index (Phi) is 7.19. The Bertz CT molecular complexity index is 823. The van der Waals surface area contributed by atoms with Crippen LogP contribution in [0.25, 0.3) is 0 Å². The first-order chi connectivity index (χ1) is 12.9. The van der Waals surface area contributed by atoms with Crippen LogP contribution < -0.4 is 15.4 Å². The molecule has 27 heavy (non-hydrogen) atoms. The molecule has 0 aromatic heterocycles. The minimum atomic E-state index is -1.15. The Morgan fingerprint density at radius 2 is 1.74 bits per heavy atom. The number of halogens is 1. The van der Waals surface area contributed by atoms with Crippen molar-refractivity contribution in [3.8, 4) is 5.75 Å². The summed E-state index contributed by atoms with van der Waals surface area (Å²) in [5.74, 6) is -1.15. The van der Waals surface area contributed by atoms with Gasteiger partial charge in [0.2, 0.25) is 0 Å². The monoisotopic (exact) mass is 390 g/mol. The molecular weight excluding hydrogens is 372 g/mol. The summed E-state index contributed by atoms with van der Waals surface area (Å²) in [7, 11) is 1.37. The number of ether oxygens (including phenoxy) is 2. The number of hydrogen-bond acceptors (Lipinski definition) is 5. The van der Waals surface area contributed by atoms with Gasteiger partial charge in [-0.3, -0.25) is 10.1 Å². The first-order valence-corrected chi connectivity index (χ1v) is 8.48. The predicted octanol–water partition coefficient (Wildman–Crippen LogP) is 2.92. The molecule has 2 aromatic carbocycles. The second kappa shape index (κ2) is 9.59. The van der Waals surface area contributed by atoms with Gasteiger partial charge < -0.3 is 14.8 Å². The lowest BCUT2D eigenvalue weighted by Gasteiger charge is -2.15. The molecule has 2 N–H and O–H groups in total. The van der Waals surface area contributed by atoms with Gasteiger partial charge >= 0.3 is 12.0 Å². The SMILES string of the molecule is CNC(=O)NC(=O)[C@H](C)OC(=O)c1ccccc1OCc1ccc(Cl)cc1. The number of benzene rings is 2. The fourth-order valence-electron chi connectivity index (χ4n) is 2.06. The lowest BCUT2D eigenvalue weighted by molar-refractivity contribution is -0.127. The topological polar surface area (TPSA) is 93.7 Å². The quantitative estimate of drug-likeness (QED) is 0.739. The summed E-state index contributed by atoms with van der Waals surface area (Å²) in [4.78, 5) is 35.4. The van der Waals surface area contributed by atoms with E-state index in [1.54, 1.807) is 30.3 Å². The Morgan fingerprint density at radius 3 is 2.41 bits per heavy atom. The van der Waals surface area contributed by atoms with Crippen molar-refractivity contribution in [2.24, 2.45) is 0 Å². The van der Waals surface area contributed by atoms with Crippen LogP contribution in [0.4, 0.5) is 4.79 Å². The minimum absolute atomic E-state index is 0.172. The molecule has 1 atom stereocenters. The van der Waals surface area contributed by atoms with Crippen LogP contribution in [-0.2, 0) is 16.1 Å². The van der Waals surface area contributed by atoms with Crippen LogP contribution in [0.5, 0.6) is 5.75 Å². The van der Waals surface area contributed by atoms with E-state index >= 15 is 0 Å². The number of carbonyl (C=O) groups is 3. The summed E-state index contributed by atoms with van der Waals surface area (Å²) in [5, 5.41) is 4.90. The van der Waals surface area contributed by atoms with Gasteiger partial charge in [0.15, 0.2) is 6.10 Å². The van der Waals surface area contributed by atoms with E-state index in [9.17, 15) is 14.4 Å². The summed E-state index contributed by atoms with van der Waals surface area (Å²) in [6, 6.07) is 13.0. The molecule has 2 rings (SSSR count). The van der Waals surface area contributed by atoms with Crippen molar-refractivity contribution in [3.05, 3.63) is 64.7 Å². The molecule has 3 amide bonds. The molecule has 142 valence electrons. The summed E-state index contributed by atoms with van der Waals surface area (Å²) in [6.45, 7) is 1.60. The Morgan fingerprint density at radius 1 is 1.07 bits per heavy atom. The van der Waals surface area contributed by atoms with Gasteiger partial charge in [0.05, 0.1) is 0 Å². The molecule has 8 heteroatoms. The van der Waals surface area contributed by atoms with Gasteiger partial charge in [0.1, 0.15) is 17.9 Å². The smallest absolute Gasteiger partial charge is 0.342 e. The maximum absolute atomic E-state index is 12.4. The van der Waals surface area contributed by atoms with Crippen LogP contribution in [0.2, 0.25) is 5.02 Å². The zero-order valence-corrected chi connectivity index (χ0v) is 15.6. The number of para-hydroxylation sites is 1. The third kappa shape index (κ3) is 6.00. The Balaban J connectivity index is 2.03. The summed E-state index contributed by atoms with van der Waals surface area (Å²) < 4.78 is 10.8. The van der Waals surface area contributed by atoms with Gasteiger partial charge in [-0.05, 0) is 36.8 Å². The van der Waals surface area contributed by atoms with Crippen LogP contribution in [0.3, 0.4) is 0 Å².